The van der Waals surface area contributed by atoms with Crippen LogP contribution in [-0.2, 0) is 14.3 Å². The van der Waals surface area contributed by atoms with Crippen molar-refractivity contribution in [3.63, 3.8) is 0 Å². The zero-order valence-electron chi connectivity index (χ0n) is 17.8. The van der Waals surface area contributed by atoms with E-state index in [1.165, 1.54) is 6.42 Å². The molecule has 3 aliphatic rings. The quantitative estimate of drug-likeness (QED) is 0.580. The zero-order valence-corrected chi connectivity index (χ0v) is 19.4. The van der Waals surface area contributed by atoms with Gasteiger partial charge < -0.3 is 20.3 Å². The normalized spacial score (nSPS) is 26.7. The van der Waals surface area contributed by atoms with Crippen LogP contribution in [0.1, 0.15) is 39.0 Å². The number of methoxy groups -OCH3 is 1. The summed E-state index contributed by atoms with van der Waals surface area (Å²) in [6, 6.07) is 0.459. The van der Waals surface area contributed by atoms with Gasteiger partial charge in [0.15, 0.2) is 0 Å². The summed E-state index contributed by atoms with van der Waals surface area (Å²) < 4.78 is 5.43. The van der Waals surface area contributed by atoms with Crippen molar-refractivity contribution in [1.82, 2.24) is 20.4 Å². The van der Waals surface area contributed by atoms with Crippen LogP contribution in [0.15, 0.2) is 0 Å². The summed E-state index contributed by atoms with van der Waals surface area (Å²) in [7, 11) is 1.72. The van der Waals surface area contributed by atoms with Gasteiger partial charge in [0.25, 0.3) is 0 Å². The first-order valence-corrected chi connectivity index (χ1v) is 10.6. The van der Waals surface area contributed by atoms with E-state index >= 15 is 0 Å². The second kappa shape index (κ2) is 12.3. The number of nitrogens with one attached hydrogen (secondary N) is 2. The van der Waals surface area contributed by atoms with Crippen molar-refractivity contribution in [3.8, 4) is 0 Å². The molecule has 3 saturated heterocycles. The number of halogens is 2. The molecule has 7 nitrogen and oxygen atoms in total. The van der Waals surface area contributed by atoms with Crippen molar-refractivity contribution in [3.05, 3.63) is 0 Å². The van der Waals surface area contributed by atoms with Gasteiger partial charge in [-0.05, 0) is 51.9 Å². The lowest BCUT2D eigenvalue weighted by atomic mass is 9.79. The minimum atomic E-state index is -0.213. The van der Waals surface area contributed by atoms with Crippen LogP contribution in [0, 0.1) is 11.3 Å². The lowest BCUT2D eigenvalue weighted by Crippen LogP contribution is -2.48. The van der Waals surface area contributed by atoms with Crippen molar-refractivity contribution < 1.29 is 14.3 Å². The van der Waals surface area contributed by atoms with Crippen molar-refractivity contribution in [2.24, 2.45) is 11.3 Å². The Morgan fingerprint density at radius 2 is 2.03 bits per heavy atom. The number of nitrogens with zero attached hydrogens (tertiary/aromatic N) is 2. The fourth-order valence-electron chi connectivity index (χ4n) is 4.95. The lowest BCUT2D eigenvalue weighted by molar-refractivity contribution is -0.129. The lowest BCUT2D eigenvalue weighted by Gasteiger charge is -2.37. The number of hydrogen-bond acceptors (Lipinski definition) is 5. The van der Waals surface area contributed by atoms with Gasteiger partial charge in [-0.1, -0.05) is 6.92 Å². The standard InChI is InChI=1S/C20H36N4O3.2ClH/c1-3-23-10-4-5-17(23)13-24-12-16(11-18(24)25)19(26)22-14-20(15-27-2)6-8-21-9-7-20;;/h16-17,21H,3-15H2,1-2H3,(H,22,26);2*1H. The van der Waals surface area contributed by atoms with Crippen LogP contribution < -0.4 is 10.6 Å². The summed E-state index contributed by atoms with van der Waals surface area (Å²) in [6.45, 7) is 8.91. The highest BCUT2D eigenvalue weighted by molar-refractivity contribution is 5.89. The maximum Gasteiger partial charge on any atom is 0.225 e. The Hall–Kier alpha value is -0.600. The molecule has 2 unspecified atom stereocenters. The molecule has 0 saturated carbocycles. The summed E-state index contributed by atoms with van der Waals surface area (Å²) in [5.41, 5.74) is 0.0173. The number of piperidine rings is 1. The highest BCUT2D eigenvalue weighted by Crippen LogP contribution is 2.29. The van der Waals surface area contributed by atoms with Crippen molar-refractivity contribution >= 4 is 36.6 Å². The molecule has 3 fully saturated rings. The van der Waals surface area contributed by atoms with E-state index in [-0.39, 0.29) is 48.0 Å². The third-order valence-corrected chi connectivity index (χ3v) is 6.67. The Bertz CT molecular complexity index is 526. The van der Waals surface area contributed by atoms with Crippen LogP contribution >= 0.6 is 24.8 Å². The van der Waals surface area contributed by atoms with Crippen LogP contribution in [0.3, 0.4) is 0 Å². The van der Waals surface area contributed by atoms with Crippen LogP contribution in [0.2, 0.25) is 0 Å². The van der Waals surface area contributed by atoms with E-state index in [4.69, 9.17) is 4.74 Å². The molecule has 0 aromatic rings. The Morgan fingerprint density at radius 1 is 1.31 bits per heavy atom. The van der Waals surface area contributed by atoms with E-state index in [2.05, 4.69) is 22.5 Å². The van der Waals surface area contributed by atoms with Crippen molar-refractivity contribution in [1.29, 1.82) is 0 Å². The number of carbonyl (C=O) groups excluding carboxylic acids is 2. The van der Waals surface area contributed by atoms with Gasteiger partial charge in [0.2, 0.25) is 11.8 Å². The number of carbonyl (C=O) groups is 2. The Kier molecular flexibility index (Phi) is 11.2. The van der Waals surface area contributed by atoms with E-state index in [0.29, 0.717) is 32.2 Å². The molecular weight excluding hydrogens is 415 g/mol. The van der Waals surface area contributed by atoms with Gasteiger partial charge in [0.1, 0.15) is 0 Å². The number of hydrogen-bond donors (Lipinski definition) is 2. The molecule has 0 aromatic carbocycles. The molecular formula is C20H38Cl2N4O3. The molecule has 0 radical (unpaired) electrons. The molecule has 0 spiro atoms. The number of ether oxygens (including phenoxy) is 1. The number of amides is 2. The van der Waals surface area contributed by atoms with Crippen LogP contribution in [0.5, 0.6) is 0 Å². The third kappa shape index (κ3) is 6.69. The summed E-state index contributed by atoms with van der Waals surface area (Å²) in [6.07, 6.45) is 4.73. The highest BCUT2D eigenvalue weighted by Gasteiger charge is 2.38. The molecule has 3 aliphatic heterocycles. The van der Waals surface area contributed by atoms with Crippen LogP contribution in [0.4, 0.5) is 0 Å². The largest absolute Gasteiger partial charge is 0.384 e. The Labute approximate surface area is 187 Å². The zero-order chi connectivity index (χ0) is 19.3. The van der Waals surface area contributed by atoms with Crippen molar-refractivity contribution in [2.75, 3.05) is 59.5 Å². The van der Waals surface area contributed by atoms with E-state index in [1.54, 1.807) is 7.11 Å². The van der Waals surface area contributed by atoms with Gasteiger partial charge in [-0.3, -0.25) is 14.5 Å². The minimum absolute atomic E-state index is 0. The summed E-state index contributed by atoms with van der Waals surface area (Å²) >= 11 is 0. The Balaban J connectivity index is 0.00000210. The fraction of sp³-hybridized carbons (Fsp3) is 0.900. The number of likely N-dealkylation sites (tertiary alicyclic amines) is 2. The van der Waals surface area contributed by atoms with E-state index in [1.807, 2.05) is 4.90 Å². The highest BCUT2D eigenvalue weighted by atomic mass is 35.5. The molecule has 3 heterocycles. The average Bonchev–Trinajstić information content (AvgIpc) is 3.28. The fourth-order valence-corrected chi connectivity index (χ4v) is 4.95. The predicted octanol–water partition coefficient (Wildman–Crippen LogP) is 1.30. The number of likely N-dealkylation sites (N-methyl/N-ethyl adjacent to an activating group) is 1. The number of rotatable bonds is 8. The topological polar surface area (TPSA) is 73.9 Å². The Morgan fingerprint density at radius 3 is 2.69 bits per heavy atom. The second-order valence-corrected chi connectivity index (χ2v) is 8.53. The molecule has 170 valence electrons. The molecule has 0 aromatic heterocycles. The molecule has 2 amide bonds. The van der Waals surface area contributed by atoms with Gasteiger partial charge in [-0.25, -0.2) is 0 Å². The first-order chi connectivity index (χ1) is 13.1. The van der Waals surface area contributed by atoms with Crippen LogP contribution in [0.25, 0.3) is 0 Å². The van der Waals surface area contributed by atoms with Gasteiger partial charge in [-0.15, -0.1) is 24.8 Å². The molecule has 9 heteroatoms. The summed E-state index contributed by atoms with van der Waals surface area (Å²) in [4.78, 5) is 29.5. The maximum absolute atomic E-state index is 12.7. The molecule has 2 N–H and O–H groups in total. The molecule has 0 aliphatic carbocycles. The SMILES string of the molecule is CCN1CCCC1CN1CC(C(=O)NCC2(COC)CCNCC2)CC1=O.Cl.Cl. The van der Waals surface area contributed by atoms with Crippen molar-refractivity contribution in [2.45, 2.75) is 45.1 Å². The maximum atomic E-state index is 12.7. The molecule has 2 atom stereocenters. The third-order valence-electron chi connectivity index (χ3n) is 6.67. The van der Waals surface area contributed by atoms with Gasteiger partial charge in [0.05, 0.1) is 12.5 Å². The summed E-state index contributed by atoms with van der Waals surface area (Å²) in [5, 5.41) is 6.51. The van der Waals surface area contributed by atoms with E-state index in [9.17, 15) is 9.59 Å². The molecule has 0 bridgehead atoms. The molecule has 29 heavy (non-hydrogen) atoms. The minimum Gasteiger partial charge on any atom is -0.384 e. The summed E-state index contributed by atoms with van der Waals surface area (Å²) in [5.74, 6) is -0.0551. The average molecular weight is 453 g/mol. The van der Waals surface area contributed by atoms with Gasteiger partial charge >= 0.3 is 0 Å². The second-order valence-electron chi connectivity index (χ2n) is 8.53. The predicted molar refractivity (Wildman–Crippen MR) is 119 cm³/mol. The van der Waals surface area contributed by atoms with Crippen LogP contribution in [-0.4, -0.2) is 87.2 Å². The van der Waals surface area contributed by atoms with Gasteiger partial charge in [-0.2, -0.15) is 0 Å². The first kappa shape index (κ1) is 26.4. The monoisotopic (exact) mass is 452 g/mol. The first-order valence-electron chi connectivity index (χ1n) is 10.6. The van der Waals surface area contributed by atoms with E-state index < -0.39 is 0 Å². The van der Waals surface area contributed by atoms with Gasteiger partial charge in [0, 0.05) is 44.6 Å². The molecule has 3 rings (SSSR count). The van der Waals surface area contributed by atoms with E-state index in [0.717, 1.165) is 52.0 Å². The smallest absolute Gasteiger partial charge is 0.225 e.